The van der Waals surface area contributed by atoms with Crippen molar-refractivity contribution in [2.24, 2.45) is 0 Å². The Kier molecular flexibility index (Phi) is 11.4. The Morgan fingerprint density at radius 3 is 1.88 bits per heavy atom. The van der Waals surface area contributed by atoms with Gasteiger partial charge in [0.2, 0.25) is 0 Å². The number of pyridine rings is 2. The zero-order valence-corrected chi connectivity index (χ0v) is 27.6. The summed E-state index contributed by atoms with van der Waals surface area (Å²) in [6.45, 7) is 6.76. The third-order valence-corrected chi connectivity index (χ3v) is 8.36. The number of ether oxygens (including phenoxy) is 1. The number of aryl methyl sites for hydroxylation is 1. The second-order valence-electron chi connectivity index (χ2n) is 11.6. The third-order valence-electron chi connectivity index (χ3n) is 8.14. The zero-order valence-electron chi connectivity index (χ0n) is 26.8. The van der Waals surface area contributed by atoms with Crippen LogP contribution in [-0.4, -0.2) is 89.4 Å². The van der Waals surface area contributed by atoms with Crippen molar-refractivity contribution < 1.29 is 32.6 Å². The van der Waals surface area contributed by atoms with Crippen molar-refractivity contribution in [3.05, 3.63) is 112 Å². The molecule has 6 rings (SSSR count). The summed E-state index contributed by atoms with van der Waals surface area (Å²) >= 11 is 5.88. The topological polar surface area (TPSA) is 102 Å². The summed E-state index contributed by atoms with van der Waals surface area (Å²) in [6, 6.07) is 21.6. The Balaban J connectivity index is 0.000000244. The van der Waals surface area contributed by atoms with E-state index in [0.717, 1.165) is 40.6 Å². The van der Waals surface area contributed by atoms with E-state index in [1.165, 1.54) is 17.0 Å². The van der Waals surface area contributed by atoms with Gasteiger partial charge in [-0.2, -0.15) is 13.2 Å². The number of hydrogen-bond acceptors (Lipinski definition) is 7. The lowest BCUT2D eigenvalue weighted by Crippen LogP contribution is -2.49. The molecule has 2 aliphatic rings. The van der Waals surface area contributed by atoms with Gasteiger partial charge in [-0.05, 0) is 73.0 Å². The lowest BCUT2D eigenvalue weighted by atomic mass is 10.0. The number of aromatic nitrogens is 2. The summed E-state index contributed by atoms with van der Waals surface area (Å²) in [5, 5.41) is 9.41. The Labute approximate surface area is 287 Å². The number of benzene rings is 2. The molecule has 0 spiro atoms. The molecule has 1 N–H and O–H groups in total. The highest BCUT2D eigenvalue weighted by Gasteiger charge is 2.30. The standard InChI is InChI=1S/C24H21ClF3N3O2.C11H15N3O2/c25-20-7-10-22(29-16-20)30-11-13-31(14-12-30)23(32)33-21-8-3-18(4-9-21)15-17-1-5-19(6-2-17)24(26,27)28;1-9-3-2-4-10(12-9)13-5-7-14(8-6-13)11(15)16/h1-10,16H,11-15H2;2-4H,5-8H2,1H3,(H,15,16). The van der Waals surface area contributed by atoms with E-state index < -0.39 is 23.9 Å². The highest BCUT2D eigenvalue weighted by molar-refractivity contribution is 6.30. The maximum atomic E-state index is 12.7. The van der Waals surface area contributed by atoms with Crippen LogP contribution < -0.4 is 14.5 Å². The molecule has 0 saturated carbocycles. The average Bonchev–Trinajstić information content (AvgIpc) is 3.10. The van der Waals surface area contributed by atoms with Gasteiger partial charge in [-0.15, -0.1) is 0 Å². The number of carbonyl (C=O) groups is 2. The molecule has 2 aromatic carbocycles. The second-order valence-corrected chi connectivity index (χ2v) is 12.0. The lowest BCUT2D eigenvalue weighted by molar-refractivity contribution is -0.137. The minimum Gasteiger partial charge on any atom is -0.465 e. The first-order valence-electron chi connectivity index (χ1n) is 15.7. The second kappa shape index (κ2) is 15.9. The van der Waals surface area contributed by atoms with Crippen molar-refractivity contribution in [3.63, 3.8) is 0 Å². The van der Waals surface area contributed by atoms with Crippen LogP contribution in [0.25, 0.3) is 0 Å². The van der Waals surface area contributed by atoms with Crippen molar-refractivity contribution in [2.75, 3.05) is 62.2 Å². The van der Waals surface area contributed by atoms with Gasteiger partial charge in [-0.1, -0.05) is 41.9 Å². The number of rotatable bonds is 5. The third kappa shape index (κ3) is 9.99. The molecule has 2 amide bonds. The molecule has 258 valence electrons. The first-order chi connectivity index (χ1) is 23.4. The number of piperazine rings is 2. The molecule has 2 saturated heterocycles. The quantitative estimate of drug-likeness (QED) is 0.242. The van der Waals surface area contributed by atoms with E-state index in [9.17, 15) is 22.8 Å². The molecule has 0 radical (unpaired) electrons. The van der Waals surface area contributed by atoms with Crippen LogP contribution in [0.3, 0.4) is 0 Å². The molecule has 10 nitrogen and oxygen atoms in total. The van der Waals surface area contributed by atoms with Gasteiger partial charge in [0.25, 0.3) is 0 Å². The van der Waals surface area contributed by atoms with Crippen molar-refractivity contribution in [1.82, 2.24) is 19.8 Å². The van der Waals surface area contributed by atoms with Gasteiger partial charge in [0, 0.05) is 64.2 Å². The minimum absolute atomic E-state index is 0.415. The molecule has 2 fully saturated rings. The predicted molar refractivity (Wildman–Crippen MR) is 181 cm³/mol. The Bertz CT molecular complexity index is 1690. The van der Waals surface area contributed by atoms with E-state index in [4.69, 9.17) is 21.4 Å². The number of anilines is 2. The molecule has 2 aromatic heterocycles. The number of halogens is 4. The Morgan fingerprint density at radius 1 is 0.776 bits per heavy atom. The van der Waals surface area contributed by atoms with Crippen molar-refractivity contribution in [1.29, 1.82) is 0 Å². The summed E-state index contributed by atoms with van der Waals surface area (Å²) in [5.41, 5.74) is 1.98. The number of nitrogens with zero attached hydrogens (tertiary/aromatic N) is 6. The van der Waals surface area contributed by atoms with E-state index in [1.807, 2.05) is 31.2 Å². The maximum Gasteiger partial charge on any atom is 0.416 e. The first kappa shape index (κ1) is 35.3. The van der Waals surface area contributed by atoms with Crippen LogP contribution in [0.2, 0.25) is 5.02 Å². The molecule has 14 heteroatoms. The van der Waals surface area contributed by atoms with Crippen LogP contribution in [0.1, 0.15) is 22.4 Å². The van der Waals surface area contributed by atoms with Gasteiger partial charge >= 0.3 is 18.4 Å². The summed E-state index contributed by atoms with van der Waals surface area (Å²) in [6.07, 6.45) is -3.53. The van der Waals surface area contributed by atoms with Crippen molar-refractivity contribution in [2.45, 2.75) is 19.5 Å². The monoisotopic (exact) mass is 696 g/mol. The smallest absolute Gasteiger partial charge is 0.416 e. The number of hydrogen-bond donors (Lipinski definition) is 1. The summed E-state index contributed by atoms with van der Waals surface area (Å²) in [7, 11) is 0. The molecule has 2 aliphatic heterocycles. The fourth-order valence-electron chi connectivity index (χ4n) is 5.39. The lowest BCUT2D eigenvalue weighted by Gasteiger charge is -2.34. The maximum absolute atomic E-state index is 12.7. The number of alkyl halides is 3. The van der Waals surface area contributed by atoms with Gasteiger partial charge in [0.05, 0.1) is 10.6 Å². The van der Waals surface area contributed by atoms with Gasteiger partial charge in [-0.25, -0.2) is 19.6 Å². The highest BCUT2D eigenvalue weighted by Crippen LogP contribution is 2.29. The largest absolute Gasteiger partial charge is 0.465 e. The van der Waals surface area contributed by atoms with Crippen molar-refractivity contribution in [3.8, 4) is 5.75 Å². The van der Waals surface area contributed by atoms with E-state index in [1.54, 1.807) is 41.4 Å². The molecule has 0 unspecified atom stereocenters. The molecule has 0 aliphatic carbocycles. The van der Waals surface area contributed by atoms with Crippen LogP contribution in [0.15, 0.2) is 85.1 Å². The predicted octanol–water partition coefficient (Wildman–Crippen LogP) is 6.86. The fourth-order valence-corrected chi connectivity index (χ4v) is 5.50. The Morgan fingerprint density at radius 2 is 1.35 bits per heavy atom. The number of amides is 2. The molecular weight excluding hydrogens is 661 g/mol. The van der Waals surface area contributed by atoms with Gasteiger partial charge in [-0.3, -0.25) is 0 Å². The summed E-state index contributed by atoms with van der Waals surface area (Å²) in [5.74, 6) is 2.17. The molecular formula is C35H36ClF3N6O4. The highest BCUT2D eigenvalue weighted by atomic mass is 35.5. The normalized spacial score (nSPS) is 15.0. The van der Waals surface area contributed by atoms with E-state index in [0.29, 0.717) is 69.6 Å². The Hall–Kier alpha value is -5.04. The molecule has 0 bridgehead atoms. The fraction of sp³-hybridized carbons (Fsp3) is 0.314. The SMILES string of the molecule is Cc1cccc(N2CCN(C(=O)O)CC2)n1.O=C(Oc1ccc(Cc2ccc(C(F)(F)F)cc2)cc1)N1CCN(c2ccc(Cl)cn2)CC1. The van der Waals surface area contributed by atoms with Gasteiger partial charge in [0.15, 0.2) is 0 Å². The summed E-state index contributed by atoms with van der Waals surface area (Å²) < 4.78 is 43.5. The molecule has 4 aromatic rings. The van der Waals surface area contributed by atoms with Crippen LogP contribution in [0.5, 0.6) is 5.75 Å². The minimum atomic E-state index is -4.34. The van der Waals surface area contributed by atoms with Crippen LogP contribution in [0.4, 0.5) is 34.4 Å². The van der Waals surface area contributed by atoms with Gasteiger partial charge < -0.3 is 29.4 Å². The zero-order chi connectivity index (χ0) is 35.0. The first-order valence-corrected chi connectivity index (χ1v) is 16.1. The van der Waals surface area contributed by atoms with E-state index >= 15 is 0 Å². The van der Waals surface area contributed by atoms with Crippen LogP contribution in [-0.2, 0) is 12.6 Å². The summed E-state index contributed by atoms with van der Waals surface area (Å²) in [4.78, 5) is 39.3. The molecule has 4 heterocycles. The molecule has 0 atom stereocenters. The van der Waals surface area contributed by atoms with Crippen LogP contribution in [0, 0.1) is 6.92 Å². The number of carbonyl (C=O) groups excluding carboxylic acids is 1. The van der Waals surface area contributed by atoms with Gasteiger partial charge in [0.1, 0.15) is 17.4 Å². The van der Waals surface area contributed by atoms with Crippen molar-refractivity contribution >= 4 is 35.4 Å². The average molecular weight is 697 g/mol. The van der Waals surface area contributed by atoms with E-state index in [2.05, 4.69) is 19.8 Å². The van der Waals surface area contributed by atoms with Crippen LogP contribution >= 0.6 is 11.6 Å². The van der Waals surface area contributed by atoms with E-state index in [-0.39, 0.29) is 0 Å². The number of carboxylic acid groups (broad SMARTS) is 1. The molecule has 49 heavy (non-hydrogen) atoms.